The van der Waals surface area contributed by atoms with Crippen molar-refractivity contribution < 1.29 is 9.47 Å². The van der Waals surface area contributed by atoms with Gasteiger partial charge in [-0.05, 0) is 66.3 Å². The maximum absolute atomic E-state index is 12.7. The number of halogens is 3. The van der Waals surface area contributed by atoms with Crippen LogP contribution in [0.1, 0.15) is 39.6 Å². The molecule has 0 amide bonds. The number of rotatable bonds is 7. The standard InChI is InChI=1S/C23H21Cl2IN4O4/c1-10-18(22(31)29-27-10)20(19-11(2)28-30-23(19)32)13-6-16(26)21(17(7-13)33-3)34-9-12-4-5-14(24)8-15(12)25/h4-8,20H,9H2,1-3H3,(H2,27,29,31)(H2,28,30,32). The quantitative estimate of drug-likeness (QED) is 0.219. The molecular weight excluding hydrogens is 594 g/mol. The molecule has 178 valence electrons. The van der Waals surface area contributed by atoms with E-state index in [9.17, 15) is 9.59 Å². The summed E-state index contributed by atoms with van der Waals surface area (Å²) in [6.45, 7) is 3.77. The summed E-state index contributed by atoms with van der Waals surface area (Å²) >= 11 is 14.4. The van der Waals surface area contributed by atoms with E-state index in [1.165, 1.54) is 7.11 Å². The van der Waals surface area contributed by atoms with E-state index in [4.69, 9.17) is 32.7 Å². The lowest BCUT2D eigenvalue weighted by atomic mass is 9.85. The van der Waals surface area contributed by atoms with Crippen molar-refractivity contribution in [1.82, 2.24) is 20.4 Å². The summed E-state index contributed by atoms with van der Waals surface area (Å²) in [5, 5.41) is 12.0. The van der Waals surface area contributed by atoms with Gasteiger partial charge in [0.05, 0.1) is 21.8 Å². The van der Waals surface area contributed by atoms with Crippen LogP contribution in [0.15, 0.2) is 39.9 Å². The van der Waals surface area contributed by atoms with Crippen LogP contribution in [0.25, 0.3) is 0 Å². The molecule has 4 aromatic rings. The van der Waals surface area contributed by atoms with Gasteiger partial charge in [0.1, 0.15) is 6.61 Å². The Morgan fingerprint density at radius 3 is 2.06 bits per heavy atom. The monoisotopic (exact) mass is 614 g/mol. The maximum atomic E-state index is 12.7. The number of aryl methyl sites for hydroxylation is 2. The van der Waals surface area contributed by atoms with E-state index in [0.29, 0.717) is 49.6 Å². The van der Waals surface area contributed by atoms with Crippen LogP contribution >= 0.6 is 45.8 Å². The van der Waals surface area contributed by atoms with E-state index in [1.807, 2.05) is 6.07 Å². The summed E-state index contributed by atoms with van der Waals surface area (Å²) in [5.74, 6) is 0.356. The highest BCUT2D eigenvalue weighted by Crippen LogP contribution is 2.40. The van der Waals surface area contributed by atoms with Crippen LogP contribution < -0.4 is 20.6 Å². The molecule has 4 rings (SSSR count). The Balaban J connectivity index is 1.80. The molecule has 0 radical (unpaired) electrons. The lowest BCUT2D eigenvalue weighted by Crippen LogP contribution is -2.20. The third-order valence-electron chi connectivity index (χ3n) is 5.57. The Bertz CT molecular complexity index is 1420. The molecule has 0 spiro atoms. The van der Waals surface area contributed by atoms with E-state index in [2.05, 4.69) is 43.0 Å². The van der Waals surface area contributed by atoms with Crippen LogP contribution in [-0.4, -0.2) is 27.5 Å². The molecule has 2 aromatic heterocycles. The largest absolute Gasteiger partial charge is 0.493 e. The van der Waals surface area contributed by atoms with Crippen LogP contribution in [0.5, 0.6) is 11.5 Å². The van der Waals surface area contributed by atoms with Crippen LogP contribution in [0.3, 0.4) is 0 Å². The predicted octanol–water partition coefficient (Wildman–Crippen LogP) is 5.02. The summed E-state index contributed by atoms with van der Waals surface area (Å²) in [4.78, 5) is 25.4. The Hall–Kier alpha value is -2.63. The van der Waals surface area contributed by atoms with Crippen LogP contribution in [0.4, 0.5) is 0 Å². The highest BCUT2D eigenvalue weighted by Gasteiger charge is 2.29. The smallest absolute Gasteiger partial charge is 0.268 e. The van der Waals surface area contributed by atoms with Gasteiger partial charge in [-0.2, -0.15) is 0 Å². The van der Waals surface area contributed by atoms with Gasteiger partial charge in [-0.25, -0.2) is 0 Å². The third kappa shape index (κ3) is 4.64. The maximum Gasteiger partial charge on any atom is 0.268 e. The minimum atomic E-state index is -0.632. The van der Waals surface area contributed by atoms with E-state index in [-0.39, 0.29) is 17.7 Å². The van der Waals surface area contributed by atoms with E-state index < -0.39 is 5.92 Å². The molecule has 0 saturated carbocycles. The molecule has 11 heteroatoms. The third-order valence-corrected chi connectivity index (χ3v) is 6.96. The van der Waals surface area contributed by atoms with Gasteiger partial charge >= 0.3 is 0 Å². The molecule has 4 N–H and O–H groups in total. The van der Waals surface area contributed by atoms with Gasteiger partial charge in [0.25, 0.3) is 11.1 Å². The van der Waals surface area contributed by atoms with E-state index in [1.54, 1.807) is 38.1 Å². The van der Waals surface area contributed by atoms with Crippen molar-refractivity contribution in [3.05, 3.63) is 98.3 Å². The number of aromatic amines is 4. The molecule has 0 fully saturated rings. The Morgan fingerprint density at radius 2 is 1.56 bits per heavy atom. The summed E-state index contributed by atoms with van der Waals surface area (Å²) in [6.07, 6.45) is 0. The first-order chi connectivity index (χ1) is 16.2. The molecule has 0 bridgehead atoms. The number of H-pyrrole nitrogens is 4. The van der Waals surface area contributed by atoms with Crippen molar-refractivity contribution >= 4 is 45.8 Å². The van der Waals surface area contributed by atoms with Crippen LogP contribution in [0.2, 0.25) is 10.0 Å². The van der Waals surface area contributed by atoms with Crippen LogP contribution in [-0.2, 0) is 6.61 Å². The van der Waals surface area contributed by atoms with Gasteiger partial charge in [-0.1, -0.05) is 29.3 Å². The average molecular weight is 615 g/mol. The highest BCUT2D eigenvalue weighted by atomic mass is 127. The lowest BCUT2D eigenvalue weighted by Gasteiger charge is -2.20. The van der Waals surface area contributed by atoms with Crippen molar-refractivity contribution in [1.29, 1.82) is 0 Å². The topological polar surface area (TPSA) is 116 Å². The van der Waals surface area contributed by atoms with Gasteiger partial charge in [0.15, 0.2) is 11.5 Å². The number of ether oxygens (including phenoxy) is 2. The average Bonchev–Trinajstić information content (AvgIpc) is 3.30. The first-order valence-corrected chi connectivity index (χ1v) is 12.0. The minimum absolute atomic E-state index is 0.207. The molecule has 0 atom stereocenters. The summed E-state index contributed by atoms with van der Waals surface area (Å²) < 4.78 is 12.5. The SMILES string of the molecule is COc1cc(C(c2c(C)[nH][nH]c2=O)c2c(C)[nH][nH]c2=O)cc(I)c1OCc1ccc(Cl)cc1Cl. The molecule has 0 unspecified atom stereocenters. The highest BCUT2D eigenvalue weighted by molar-refractivity contribution is 14.1. The molecule has 8 nitrogen and oxygen atoms in total. The lowest BCUT2D eigenvalue weighted by molar-refractivity contribution is 0.282. The Morgan fingerprint density at radius 1 is 0.941 bits per heavy atom. The zero-order valence-corrected chi connectivity index (χ0v) is 22.1. The zero-order valence-electron chi connectivity index (χ0n) is 18.4. The first-order valence-electron chi connectivity index (χ1n) is 10.2. The second-order valence-electron chi connectivity index (χ2n) is 7.73. The Kier molecular flexibility index (Phi) is 7.15. The molecule has 0 aliphatic carbocycles. The van der Waals surface area contributed by atoms with Gasteiger partial charge in [0.2, 0.25) is 0 Å². The van der Waals surface area contributed by atoms with Crippen molar-refractivity contribution in [3.8, 4) is 11.5 Å². The zero-order chi connectivity index (χ0) is 24.6. The van der Waals surface area contributed by atoms with Gasteiger partial charge in [-0.15, -0.1) is 0 Å². The molecule has 34 heavy (non-hydrogen) atoms. The summed E-state index contributed by atoms with van der Waals surface area (Å²) in [7, 11) is 1.54. The number of benzene rings is 2. The molecule has 0 saturated heterocycles. The van der Waals surface area contributed by atoms with Crippen LogP contribution in [0, 0.1) is 17.4 Å². The summed E-state index contributed by atoms with van der Waals surface area (Å²) in [5.41, 5.74) is 3.07. The molecule has 0 aliphatic rings. The van der Waals surface area contributed by atoms with Crippen molar-refractivity contribution in [2.45, 2.75) is 26.4 Å². The normalized spacial score (nSPS) is 11.3. The second kappa shape index (κ2) is 9.93. The van der Waals surface area contributed by atoms with Crippen molar-refractivity contribution in [2.24, 2.45) is 0 Å². The fourth-order valence-corrected chi connectivity index (χ4v) is 5.16. The van der Waals surface area contributed by atoms with Crippen molar-refractivity contribution in [3.63, 3.8) is 0 Å². The number of nitrogens with one attached hydrogen (secondary N) is 4. The molecule has 0 aliphatic heterocycles. The molecular formula is C23H21Cl2IN4O4. The second-order valence-corrected chi connectivity index (χ2v) is 9.73. The first kappa shape index (κ1) is 24.5. The fraction of sp³-hybridized carbons (Fsp3) is 0.217. The number of methoxy groups -OCH3 is 1. The van der Waals surface area contributed by atoms with Crippen molar-refractivity contribution in [2.75, 3.05) is 7.11 Å². The fourth-order valence-electron chi connectivity index (χ4n) is 3.92. The predicted molar refractivity (Wildman–Crippen MR) is 140 cm³/mol. The van der Waals surface area contributed by atoms with E-state index >= 15 is 0 Å². The molecule has 2 aromatic carbocycles. The molecule has 2 heterocycles. The minimum Gasteiger partial charge on any atom is -0.493 e. The summed E-state index contributed by atoms with van der Waals surface area (Å²) in [6, 6.07) is 8.87. The Labute approximate surface area is 218 Å². The number of hydrogen-bond donors (Lipinski definition) is 4. The van der Waals surface area contributed by atoms with Gasteiger partial charge < -0.3 is 19.7 Å². The number of hydrogen-bond acceptors (Lipinski definition) is 4. The van der Waals surface area contributed by atoms with Gasteiger partial charge in [-0.3, -0.25) is 19.8 Å². The van der Waals surface area contributed by atoms with E-state index in [0.717, 1.165) is 9.13 Å². The van der Waals surface area contributed by atoms with Gasteiger partial charge in [0, 0.05) is 32.9 Å². The number of aromatic nitrogens is 4.